The number of rotatable bonds is 17. The van der Waals surface area contributed by atoms with E-state index in [1.165, 1.54) is 95.9 Å². The van der Waals surface area contributed by atoms with Gasteiger partial charge in [0.05, 0.1) is 0 Å². The molecule has 1 aliphatic rings. The summed E-state index contributed by atoms with van der Waals surface area (Å²) in [7, 11) is 0. The average Bonchev–Trinajstić information content (AvgIpc) is 3.19. The van der Waals surface area contributed by atoms with Crippen molar-refractivity contribution >= 4 is 11.4 Å². The van der Waals surface area contributed by atoms with Crippen molar-refractivity contribution in [3.05, 3.63) is 86.5 Å². The summed E-state index contributed by atoms with van der Waals surface area (Å²) >= 11 is 0. The van der Waals surface area contributed by atoms with Crippen molar-refractivity contribution < 1.29 is 4.70 Å². The van der Waals surface area contributed by atoms with Crippen LogP contribution in [0, 0.1) is 0 Å². The van der Waals surface area contributed by atoms with Crippen molar-refractivity contribution in [1.29, 1.82) is 0 Å². The largest absolute Gasteiger partial charge is 0.493 e. The molecular weight excluding hydrogens is 472 g/mol. The van der Waals surface area contributed by atoms with Crippen LogP contribution in [0.25, 0.3) is 16.9 Å². The molecule has 0 amide bonds. The third-order valence-electron chi connectivity index (χ3n) is 8.23. The molecule has 0 bridgehead atoms. The third kappa shape index (κ3) is 8.26. The van der Waals surface area contributed by atoms with E-state index in [2.05, 4.69) is 77.9 Å². The molecule has 0 saturated carbocycles. The van der Waals surface area contributed by atoms with Gasteiger partial charge in [-0.2, -0.15) is 0 Å². The van der Waals surface area contributed by atoms with Crippen LogP contribution in [0.4, 0.5) is 0 Å². The molecule has 0 saturated heterocycles. The fourth-order valence-corrected chi connectivity index (χ4v) is 5.91. The van der Waals surface area contributed by atoms with Crippen LogP contribution in [-0.2, 0) is 25.7 Å². The number of benzene rings is 2. The highest BCUT2D eigenvalue weighted by Crippen LogP contribution is 2.43. The molecule has 39 heavy (non-hydrogen) atoms. The van der Waals surface area contributed by atoms with E-state index in [9.17, 15) is 5.53 Å². The molecule has 1 aliphatic heterocycles. The number of unbranched alkanes of at least 4 members (excludes halogenated alkanes) is 5. The molecule has 2 heteroatoms. The zero-order valence-electron chi connectivity index (χ0n) is 26.0. The second kappa shape index (κ2) is 15.9. The molecule has 0 N–H and O–H groups in total. The van der Waals surface area contributed by atoms with Crippen molar-refractivity contribution in [3.63, 3.8) is 0 Å². The summed E-state index contributed by atoms with van der Waals surface area (Å²) in [6.45, 7) is 13.6. The molecule has 0 unspecified atom stereocenters. The maximum Gasteiger partial charge on any atom is 0.211 e. The lowest BCUT2D eigenvalue weighted by Gasteiger charge is -2.14. The van der Waals surface area contributed by atoms with E-state index in [-0.39, 0.29) is 0 Å². The van der Waals surface area contributed by atoms with Crippen LogP contribution in [0.2, 0.25) is 0 Å². The molecule has 3 rings (SSSR count). The van der Waals surface area contributed by atoms with Gasteiger partial charge in [-0.1, -0.05) is 78.9 Å². The maximum absolute atomic E-state index is 12.0. The number of hydrogen-bond acceptors (Lipinski definition) is 0. The highest BCUT2D eigenvalue weighted by atomic mass is 15.2. The highest BCUT2D eigenvalue weighted by molar-refractivity contribution is 5.82. The van der Waals surface area contributed by atoms with Crippen molar-refractivity contribution in [3.8, 4) is 0 Å². The van der Waals surface area contributed by atoms with Gasteiger partial charge in [-0.15, -0.1) is 0 Å². The summed E-state index contributed by atoms with van der Waals surface area (Å²) < 4.78 is 1.56. The van der Waals surface area contributed by atoms with Gasteiger partial charge in [-0.25, -0.2) is 4.70 Å². The zero-order chi connectivity index (χ0) is 28.2. The van der Waals surface area contributed by atoms with Crippen LogP contribution < -0.4 is 0 Å². The number of hydrogen-bond donors (Lipinski definition) is 0. The van der Waals surface area contributed by atoms with Crippen molar-refractivity contribution in [2.24, 2.45) is 0 Å². The lowest BCUT2D eigenvalue weighted by Crippen LogP contribution is -2.05. The van der Waals surface area contributed by atoms with Crippen LogP contribution >= 0.6 is 0 Å². The van der Waals surface area contributed by atoms with E-state index in [1.807, 2.05) is 0 Å². The summed E-state index contributed by atoms with van der Waals surface area (Å²) in [6.07, 6.45) is 17.3. The molecule has 2 nitrogen and oxygen atoms in total. The fraction of sp³-hybridized carbons (Fsp3) is 0.568. The van der Waals surface area contributed by atoms with E-state index < -0.39 is 0 Å². The zero-order valence-corrected chi connectivity index (χ0v) is 26.0. The average molecular weight is 527 g/mol. The van der Waals surface area contributed by atoms with Gasteiger partial charge in [0.2, 0.25) is 11.4 Å². The van der Waals surface area contributed by atoms with E-state index in [0.717, 1.165) is 56.3 Å². The molecule has 2 aromatic rings. The first-order valence-electron chi connectivity index (χ1n) is 16.2. The Balaban J connectivity index is 2.12. The molecular formula is C37H54N2. The second-order valence-corrected chi connectivity index (χ2v) is 11.7. The van der Waals surface area contributed by atoms with Crippen LogP contribution in [0.15, 0.2) is 47.5 Å². The topological polar surface area (TPSA) is 25.3 Å². The smallest absolute Gasteiger partial charge is 0.211 e. The summed E-state index contributed by atoms with van der Waals surface area (Å²) in [5, 5.41) is 0. The number of nitrogens with zero attached hydrogens (tertiary/aromatic N) is 2. The van der Waals surface area contributed by atoms with Crippen LogP contribution in [0.3, 0.4) is 0 Å². The second-order valence-electron chi connectivity index (χ2n) is 11.7. The normalized spacial score (nSPS) is 13.7. The number of allylic oxidation sites excluding steroid dienone is 2. The minimum Gasteiger partial charge on any atom is -0.493 e. The molecule has 0 spiro atoms. The van der Waals surface area contributed by atoms with Crippen LogP contribution in [-0.4, -0.2) is 4.70 Å². The quantitative estimate of drug-likeness (QED) is 0.183. The first-order valence-corrected chi connectivity index (χ1v) is 16.2. The van der Waals surface area contributed by atoms with Gasteiger partial charge in [0.1, 0.15) is 0 Å². The van der Waals surface area contributed by atoms with Gasteiger partial charge in [0, 0.05) is 22.3 Å². The summed E-state index contributed by atoms with van der Waals surface area (Å²) in [4.78, 5) is 0. The fourth-order valence-electron chi connectivity index (χ4n) is 5.91. The van der Waals surface area contributed by atoms with E-state index in [1.54, 1.807) is 4.70 Å². The molecule has 0 atom stereocenters. The molecule has 0 fully saturated rings. The van der Waals surface area contributed by atoms with Gasteiger partial charge in [-0.3, -0.25) is 0 Å². The Morgan fingerprint density at radius 3 is 1.18 bits per heavy atom. The third-order valence-corrected chi connectivity index (χ3v) is 8.23. The Kier molecular flexibility index (Phi) is 12.7. The van der Waals surface area contributed by atoms with Gasteiger partial charge in [0.15, 0.2) is 0 Å². The van der Waals surface area contributed by atoms with Gasteiger partial charge >= 0.3 is 0 Å². The lowest BCUT2D eigenvalue weighted by atomic mass is 9.93. The van der Waals surface area contributed by atoms with Gasteiger partial charge in [-0.05, 0) is 118 Å². The molecule has 0 aliphatic carbocycles. The Bertz CT molecular complexity index is 1110. The monoisotopic (exact) mass is 526 g/mol. The molecule has 0 radical (unpaired) electrons. The Morgan fingerprint density at radius 1 is 0.487 bits per heavy atom. The summed E-state index contributed by atoms with van der Waals surface area (Å²) in [5.41, 5.74) is 24.5. The first-order chi connectivity index (χ1) is 19.0. The SMILES string of the molecule is CCCCC1=C(c2cc(CCCC)cc(CCCC)c2)[N+](=[N-])C(c2cc(CCCC)cc(CCCC)c2)=C1C. The van der Waals surface area contributed by atoms with Crippen LogP contribution in [0.1, 0.15) is 146 Å². The predicted octanol–water partition coefficient (Wildman–Crippen LogP) is 11.4. The Hall–Kier alpha value is -2.48. The van der Waals surface area contributed by atoms with Crippen molar-refractivity contribution in [1.82, 2.24) is 0 Å². The van der Waals surface area contributed by atoms with Crippen molar-refractivity contribution in [2.45, 2.75) is 138 Å². The van der Waals surface area contributed by atoms with Gasteiger partial charge < -0.3 is 5.53 Å². The Morgan fingerprint density at radius 2 is 0.821 bits per heavy atom. The summed E-state index contributed by atoms with van der Waals surface area (Å²) in [6, 6.07) is 14.2. The molecule has 1 heterocycles. The summed E-state index contributed by atoms with van der Waals surface area (Å²) in [5.74, 6) is 0. The van der Waals surface area contributed by atoms with E-state index in [4.69, 9.17) is 0 Å². The predicted molar refractivity (Wildman–Crippen MR) is 170 cm³/mol. The van der Waals surface area contributed by atoms with E-state index >= 15 is 0 Å². The van der Waals surface area contributed by atoms with Crippen LogP contribution in [0.5, 0.6) is 0 Å². The standard InChI is InChI=1S/C37H54N2/c1-7-12-17-29-22-30(18-13-8-2)25-33(24-29)36-28(6)35(21-16-11-5)37(39(36)38)34-26-31(19-14-9-3)23-32(27-34)20-15-10-4/h22-27H,7-21H2,1-6H3. The Labute approximate surface area is 240 Å². The number of aryl methyl sites for hydroxylation is 4. The molecule has 2 aromatic carbocycles. The van der Waals surface area contributed by atoms with Gasteiger partial charge in [0.25, 0.3) is 0 Å². The van der Waals surface area contributed by atoms with Crippen molar-refractivity contribution in [2.75, 3.05) is 0 Å². The highest BCUT2D eigenvalue weighted by Gasteiger charge is 2.34. The first kappa shape index (κ1) is 31.1. The maximum atomic E-state index is 12.0. The lowest BCUT2D eigenvalue weighted by molar-refractivity contribution is -0.345. The minimum absolute atomic E-state index is 0.987. The molecule has 0 aromatic heterocycles. The molecule has 212 valence electrons. The van der Waals surface area contributed by atoms with E-state index in [0.29, 0.717) is 0 Å². The minimum atomic E-state index is 0.987.